The summed E-state index contributed by atoms with van der Waals surface area (Å²) in [5.41, 5.74) is -0.966. The topological polar surface area (TPSA) is 53.4 Å². The molecule has 1 amide bonds. The number of rotatable bonds is 2. The lowest BCUT2D eigenvalue weighted by Crippen LogP contribution is -2.26. The van der Waals surface area contributed by atoms with E-state index in [1.54, 1.807) is 0 Å². The molecule has 1 saturated heterocycles. The van der Waals surface area contributed by atoms with E-state index in [9.17, 15) is 18.0 Å². The fraction of sp³-hybridized carbons (Fsp3) is 0.455. The lowest BCUT2D eigenvalue weighted by Gasteiger charge is -2.17. The maximum absolute atomic E-state index is 12.5. The molecule has 2 rings (SSSR count). The third-order valence-electron chi connectivity index (χ3n) is 2.87. The van der Waals surface area contributed by atoms with E-state index in [4.69, 9.17) is 16.7 Å². The van der Waals surface area contributed by atoms with Gasteiger partial charge >= 0.3 is 6.18 Å². The Hall–Kier alpha value is -1.34. The van der Waals surface area contributed by atoms with E-state index in [-0.39, 0.29) is 42.2 Å². The van der Waals surface area contributed by atoms with Gasteiger partial charge in [-0.2, -0.15) is 13.2 Å². The summed E-state index contributed by atoms with van der Waals surface area (Å²) in [6.45, 7) is 0.0356. The maximum atomic E-state index is 12.5. The predicted octanol–water partition coefficient (Wildman–Crippen LogP) is 2.10. The molecule has 0 saturated carbocycles. The normalized spacial score (nSPS) is 20.2. The van der Waals surface area contributed by atoms with Crippen LogP contribution in [0, 0.1) is 5.92 Å². The first-order valence-corrected chi connectivity index (χ1v) is 5.84. The first-order chi connectivity index (χ1) is 8.82. The third kappa shape index (κ3) is 2.82. The van der Waals surface area contributed by atoms with Crippen LogP contribution in [0.2, 0.25) is 5.02 Å². The van der Waals surface area contributed by atoms with Crippen LogP contribution in [0.1, 0.15) is 12.0 Å². The highest BCUT2D eigenvalue weighted by molar-refractivity contribution is 6.33. The Morgan fingerprint density at radius 3 is 2.68 bits per heavy atom. The highest BCUT2D eigenvalue weighted by atomic mass is 35.5. The number of alkyl halides is 3. The van der Waals surface area contributed by atoms with Gasteiger partial charge in [0, 0.05) is 31.7 Å². The first kappa shape index (κ1) is 14.1. The van der Waals surface area contributed by atoms with Crippen molar-refractivity contribution in [3.8, 4) is 0 Å². The highest BCUT2D eigenvalue weighted by Gasteiger charge is 2.35. The fourth-order valence-corrected chi connectivity index (χ4v) is 2.16. The summed E-state index contributed by atoms with van der Waals surface area (Å²) < 4.78 is 37.4. The number of aliphatic hydroxyl groups excluding tert-OH is 1. The Bertz CT molecular complexity index is 507. The molecule has 4 nitrogen and oxygen atoms in total. The SMILES string of the molecule is O=C1CC(CO)CN1c1ncc(C(F)(F)F)cc1Cl. The van der Waals surface area contributed by atoms with E-state index in [2.05, 4.69) is 4.98 Å². The molecule has 1 aromatic heterocycles. The zero-order valence-corrected chi connectivity index (χ0v) is 10.4. The molecule has 0 bridgehead atoms. The number of amides is 1. The molecule has 19 heavy (non-hydrogen) atoms. The second-order valence-electron chi connectivity index (χ2n) is 4.28. The van der Waals surface area contributed by atoms with Gasteiger partial charge in [0.15, 0.2) is 5.82 Å². The van der Waals surface area contributed by atoms with Crippen LogP contribution in [0.25, 0.3) is 0 Å². The van der Waals surface area contributed by atoms with Crippen LogP contribution in [0.15, 0.2) is 12.3 Å². The molecular weight excluding hydrogens is 285 g/mol. The van der Waals surface area contributed by atoms with E-state index in [1.807, 2.05) is 0 Å². The van der Waals surface area contributed by atoms with Crippen LogP contribution in [-0.4, -0.2) is 29.1 Å². The van der Waals surface area contributed by atoms with Crippen molar-refractivity contribution in [1.82, 2.24) is 4.98 Å². The van der Waals surface area contributed by atoms with Gasteiger partial charge < -0.3 is 5.11 Å². The fourth-order valence-electron chi connectivity index (χ4n) is 1.89. The summed E-state index contributed by atoms with van der Waals surface area (Å²) in [5.74, 6) is -0.559. The van der Waals surface area contributed by atoms with Gasteiger partial charge in [-0.1, -0.05) is 11.6 Å². The molecule has 1 unspecified atom stereocenters. The molecule has 0 aliphatic carbocycles. The Morgan fingerprint density at radius 2 is 2.21 bits per heavy atom. The molecule has 1 aliphatic heterocycles. The number of nitrogens with zero attached hydrogens (tertiary/aromatic N) is 2. The van der Waals surface area contributed by atoms with Crippen LogP contribution in [0.3, 0.4) is 0 Å². The summed E-state index contributed by atoms with van der Waals surface area (Å²) >= 11 is 5.75. The van der Waals surface area contributed by atoms with Gasteiger partial charge in [-0.3, -0.25) is 9.69 Å². The Morgan fingerprint density at radius 1 is 1.53 bits per heavy atom. The Labute approximate surface area is 111 Å². The van der Waals surface area contributed by atoms with Crippen LogP contribution >= 0.6 is 11.6 Å². The lowest BCUT2D eigenvalue weighted by molar-refractivity contribution is -0.137. The average molecular weight is 295 g/mol. The molecule has 1 aromatic rings. The number of carbonyl (C=O) groups excluding carboxylic acids is 1. The molecule has 2 heterocycles. The van der Waals surface area contributed by atoms with E-state index in [0.717, 1.165) is 6.07 Å². The molecule has 1 aliphatic rings. The van der Waals surface area contributed by atoms with Crippen molar-refractivity contribution in [2.75, 3.05) is 18.1 Å². The van der Waals surface area contributed by atoms with Gasteiger partial charge in [-0.15, -0.1) is 0 Å². The zero-order valence-electron chi connectivity index (χ0n) is 9.62. The van der Waals surface area contributed by atoms with Crippen molar-refractivity contribution in [3.63, 3.8) is 0 Å². The molecule has 0 spiro atoms. The molecule has 1 atom stereocenters. The number of halogens is 4. The number of carbonyl (C=O) groups is 1. The van der Waals surface area contributed by atoms with Crippen LogP contribution in [-0.2, 0) is 11.0 Å². The van der Waals surface area contributed by atoms with Crippen molar-refractivity contribution in [3.05, 3.63) is 22.8 Å². The number of anilines is 1. The predicted molar refractivity (Wildman–Crippen MR) is 61.8 cm³/mol. The monoisotopic (exact) mass is 294 g/mol. The summed E-state index contributed by atoms with van der Waals surface area (Å²) in [6, 6.07) is 0.740. The van der Waals surface area contributed by atoms with Crippen LogP contribution < -0.4 is 4.90 Å². The average Bonchev–Trinajstić information content (AvgIpc) is 2.69. The number of hydrogen-bond acceptors (Lipinski definition) is 3. The van der Waals surface area contributed by atoms with Gasteiger partial charge in [0.1, 0.15) is 0 Å². The van der Waals surface area contributed by atoms with Crippen LogP contribution in [0.4, 0.5) is 19.0 Å². The van der Waals surface area contributed by atoms with Crippen molar-refractivity contribution in [2.24, 2.45) is 5.92 Å². The first-order valence-electron chi connectivity index (χ1n) is 5.47. The molecule has 1 fully saturated rings. The van der Waals surface area contributed by atoms with Crippen molar-refractivity contribution in [1.29, 1.82) is 0 Å². The molecule has 8 heteroatoms. The number of pyridine rings is 1. The van der Waals surface area contributed by atoms with E-state index in [0.29, 0.717) is 6.20 Å². The molecule has 1 N–H and O–H groups in total. The van der Waals surface area contributed by atoms with Crippen molar-refractivity contribution < 1.29 is 23.1 Å². The molecule has 0 aromatic carbocycles. The van der Waals surface area contributed by atoms with E-state index >= 15 is 0 Å². The second kappa shape index (κ2) is 4.97. The van der Waals surface area contributed by atoms with E-state index in [1.165, 1.54) is 4.90 Å². The highest BCUT2D eigenvalue weighted by Crippen LogP contribution is 2.35. The summed E-state index contributed by atoms with van der Waals surface area (Å²) in [4.78, 5) is 16.5. The van der Waals surface area contributed by atoms with Gasteiger partial charge in [0.2, 0.25) is 5.91 Å². The maximum Gasteiger partial charge on any atom is 0.417 e. The van der Waals surface area contributed by atoms with Crippen LogP contribution in [0.5, 0.6) is 0 Å². The van der Waals surface area contributed by atoms with Gasteiger partial charge in [0.05, 0.1) is 10.6 Å². The van der Waals surface area contributed by atoms with Gasteiger partial charge in [-0.25, -0.2) is 4.98 Å². The van der Waals surface area contributed by atoms with Crippen molar-refractivity contribution >= 4 is 23.3 Å². The third-order valence-corrected chi connectivity index (χ3v) is 3.15. The zero-order chi connectivity index (χ0) is 14.2. The van der Waals surface area contributed by atoms with Gasteiger partial charge in [0.25, 0.3) is 0 Å². The quantitative estimate of drug-likeness (QED) is 0.909. The number of hydrogen-bond donors (Lipinski definition) is 1. The summed E-state index contributed by atoms with van der Waals surface area (Å²) in [5, 5.41) is 8.75. The number of aliphatic hydroxyl groups is 1. The standard InChI is InChI=1S/C11H10ClF3N2O2/c12-8-2-7(11(13,14)15)3-16-10(8)17-4-6(5-18)1-9(17)19/h2-3,6,18H,1,4-5H2. The molecule has 104 valence electrons. The Balaban J connectivity index is 2.30. The smallest absolute Gasteiger partial charge is 0.396 e. The lowest BCUT2D eigenvalue weighted by atomic mass is 10.1. The van der Waals surface area contributed by atoms with E-state index < -0.39 is 11.7 Å². The largest absolute Gasteiger partial charge is 0.417 e. The minimum absolute atomic E-state index is 0.00406. The molecular formula is C11H10ClF3N2O2. The molecule has 0 radical (unpaired) electrons. The summed E-state index contributed by atoms with van der Waals surface area (Å²) in [7, 11) is 0. The second-order valence-corrected chi connectivity index (χ2v) is 4.69. The minimum atomic E-state index is -4.53. The minimum Gasteiger partial charge on any atom is -0.396 e. The summed E-state index contributed by atoms with van der Waals surface area (Å²) in [6.07, 6.45) is -3.76. The van der Waals surface area contributed by atoms with Gasteiger partial charge in [-0.05, 0) is 6.07 Å². The number of aromatic nitrogens is 1. The van der Waals surface area contributed by atoms with Crippen molar-refractivity contribution in [2.45, 2.75) is 12.6 Å². The Kier molecular flexibility index (Phi) is 3.69.